The molecule has 1 aliphatic heterocycles. The summed E-state index contributed by atoms with van der Waals surface area (Å²) in [4.78, 5) is 14.1. The Kier molecular flexibility index (Phi) is 6.66. The second-order valence-electron chi connectivity index (χ2n) is 5.33. The molecule has 1 saturated heterocycles. The molecular formula is C16H25N3O2. The van der Waals surface area contributed by atoms with E-state index in [0.717, 1.165) is 39.4 Å². The Hall–Kier alpha value is -1.43. The second-order valence-corrected chi connectivity index (χ2v) is 5.33. The fraction of sp³-hybridized carbons (Fsp3) is 0.562. The first-order valence-electron chi connectivity index (χ1n) is 7.58. The topological polar surface area (TPSA) is 53.6 Å². The van der Waals surface area contributed by atoms with Crippen LogP contribution in [0.2, 0.25) is 0 Å². The Morgan fingerprint density at radius 1 is 1.29 bits per heavy atom. The van der Waals surface area contributed by atoms with Crippen LogP contribution in [-0.2, 0) is 16.1 Å². The minimum atomic E-state index is 0.0419. The van der Waals surface area contributed by atoms with E-state index in [4.69, 9.17) is 4.74 Å². The van der Waals surface area contributed by atoms with Crippen LogP contribution < -0.4 is 10.6 Å². The fourth-order valence-corrected chi connectivity index (χ4v) is 2.33. The van der Waals surface area contributed by atoms with E-state index < -0.39 is 0 Å². The molecule has 0 radical (unpaired) electrons. The average molecular weight is 291 g/mol. The molecule has 5 nitrogen and oxygen atoms in total. The summed E-state index contributed by atoms with van der Waals surface area (Å²) in [5.74, 6) is 0.0419. The predicted molar refractivity (Wildman–Crippen MR) is 83.2 cm³/mol. The van der Waals surface area contributed by atoms with Gasteiger partial charge in [-0.05, 0) is 18.1 Å². The molecule has 1 fully saturated rings. The number of hydrogen-bond acceptors (Lipinski definition) is 4. The smallest absolute Gasteiger partial charge is 0.234 e. The lowest BCUT2D eigenvalue weighted by molar-refractivity contribution is -0.120. The summed E-state index contributed by atoms with van der Waals surface area (Å²) in [6.07, 6.45) is 0. The summed E-state index contributed by atoms with van der Waals surface area (Å²) in [6.45, 7) is 8.43. The molecule has 5 heteroatoms. The van der Waals surface area contributed by atoms with E-state index >= 15 is 0 Å². The third kappa shape index (κ3) is 5.83. The Balaban J connectivity index is 1.56. The third-order valence-electron chi connectivity index (χ3n) is 3.73. The highest BCUT2D eigenvalue weighted by Gasteiger charge is 2.09. The Morgan fingerprint density at radius 2 is 2.05 bits per heavy atom. The van der Waals surface area contributed by atoms with Gasteiger partial charge >= 0.3 is 0 Å². The van der Waals surface area contributed by atoms with Crippen LogP contribution in [0.4, 0.5) is 0 Å². The van der Waals surface area contributed by atoms with Crippen LogP contribution in [0.1, 0.15) is 11.1 Å². The molecule has 0 unspecified atom stereocenters. The number of rotatable bonds is 7. The highest BCUT2D eigenvalue weighted by Crippen LogP contribution is 2.05. The Morgan fingerprint density at radius 3 is 2.81 bits per heavy atom. The first kappa shape index (κ1) is 15.9. The van der Waals surface area contributed by atoms with E-state index in [-0.39, 0.29) is 5.91 Å². The summed E-state index contributed by atoms with van der Waals surface area (Å²) in [5.41, 5.74) is 2.37. The molecule has 1 aromatic carbocycles. The molecule has 1 aromatic rings. The number of carbonyl (C=O) groups is 1. The van der Waals surface area contributed by atoms with Gasteiger partial charge in [0.15, 0.2) is 0 Å². The standard InChI is InChI=1S/C16H25N3O2/c1-14-4-2-3-5-15(14)12-18-16(20)13-17-6-7-19-8-10-21-11-9-19/h2-5,17H,6-13H2,1H3,(H,18,20). The maximum Gasteiger partial charge on any atom is 0.234 e. The molecule has 2 rings (SSSR count). The molecule has 0 spiro atoms. The fourth-order valence-electron chi connectivity index (χ4n) is 2.33. The lowest BCUT2D eigenvalue weighted by Gasteiger charge is -2.26. The lowest BCUT2D eigenvalue weighted by atomic mass is 10.1. The van der Waals surface area contributed by atoms with Gasteiger partial charge in [-0.3, -0.25) is 9.69 Å². The minimum Gasteiger partial charge on any atom is -0.379 e. The van der Waals surface area contributed by atoms with Crippen molar-refractivity contribution in [2.24, 2.45) is 0 Å². The van der Waals surface area contributed by atoms with Gasteiger partial charge in [-0.25, -0.2) is 0 Å². The van der Waals surface area contributed by atoms with Crippen molar-refractivity contribution in [3.05, 3.63) is 35.4 Å². The zero-order valence-electron chi connectivity index (χ0n) is 12.7. The van der Waals surface area contributed by atoms with E-state index in [9.17, 15) is 4.79 Å². The number of benzene rings is 1. The van der Waals surface area contributed by atoms with Crippen LogP contribution in [0.3, 0.4) is 0 Å². The van der Waals surface area contributed by atoms with Gasteiger partial charge in [0, 0.05) is 32.7 Å². The monoisotopic (exact) mass is 291 g/mol. The molecule has 1 heterocycles. The van der Waals surface area contributed by atoms with E-state index in [1.54, 1.807) is 0 Å². The van der Waals surface area contributed by atoms with Gasteiger partial charge in [0.1, 0.15) is 0 Å². The molecule has 0 bridgehead atoms. The van der Waals surface area contributed by atoms with Crippen LogP contribution >= 0.6 is 0 Å². The maximum absolute atomic E-state index is 11.8. The van der Waals surface area contributed by atoms with Crippen LogP contribution in [0, 0.1) is 6.92 Å². The van der Waals surface area contributed by atoms with Crippen molar-refractivity contribution in [1.29, 1.82) is 0 Å². The van der Waals surface area contributed by atoms with Gasteiger partial charge in [0.2, 0.25) is 5.91 Å². The number of morpholine rings is 1. The normalized spacial score (nSPS) is 15.9. The van der Waals surface area contributed by atoms with Gasteiger partial charge in [0.05, 0.1) is 19.8 Å². The van der Waals surface area contributed by atoms with E-state index in [1.165, 1.54) is 11.1 Å². The summed E-state index contributed by atoms with van der Waals surface area (Å²) >= 11 is 0. The van der Waals surface area contributed by atoms with Crippen LogP contribution in [0.15, 0.2) is 24.3 Å². The molecule has 21 heavy (non-hydrogen) atoms. The molecule has 0 aromatic heterocycles. The zero-order valence-corrected chi connectivity index (χ0v) is 12.7. The predicted octanol–water partition coefficient (Wildman–Crippen LogP) is 0.533. The number of nitrogens with one attached hydrogen (secondary N) is 2. The van der Waals surface area contributed by atoms with Gasteiger partial charge in [0.25, 0.3) is 0 Å². The summed E-state index contributed by atoms with van der Waals surface area (Å²) in [6, 6.07) is 8.10. The van der Waals surface area contributed by atoms with Crippen LogP contribution in [0.25, 0.3) is 0 Å². The van der Waals surface area contributed by atoms with Crippen molar-refractivity contribution in [1.82, 2.24) is 15.5 Å². The molecular weight excluding hydrogens is 266 g/mol. The van der Waals surface area contributed by atoms with Crippen molar-refractivity contribution >= 4 is 5.91 Å². The number of carbonyl (C=O) groups excluding carboxylic acids is 1. The number of nitrogens with zero attached hydrogens (tertiary/aromatic N) is 1. The minimum absolute atomic E-state index is 0.0419. The van der Waals surface area contributed by atoms with Gasteiger partial charge in [-0.15, -0.1) is 0 Å². The largest absolute Gasteiger partial charge is 0.379 e. The Labute approximate surface area is 126 Å². The van der Waals surface area contributed by atoms with Gasteiger partial charge in [-0.1, -0.05) is 24.3 Å². The number of hydrogen-bond donors (Lipinski definition) is 2. The van der Waals surface area contributed by atoms with Crippen molar-refractivity contribution in [3.8, 4) is 0 Å². The number of amides is 1. The first-order valence-corrected chi connectivity index (χ1v) is 7.58. The maximum atomic E-state index is 11.8. The quantitative estimate of drug-likeness (QED) is 0.720. The summed E-state index contributed by atoms with van der Waals surface area (Å²) in [7, 11) is 0. The Bertz CT molecular complexity index is 445. The summed E-state index contributed by atoms with van der Waals surface area (Å²) < 4.78 is 5.30. The van der Waals surface area contributed by atoms with E-state index in [0.29, 0.717) is 13.1 Å². The van der Waals surface area contributed by atoms with E-state index in [2.05, 4.69) is 28.5 Å². The molecule has 0 atom stereocenters. The molecule has 0 saturated carbocycles. The zero-order chi connectivity index (χ0) is 14.9. The highest BCUT2D eigenvalue weighted by molar-refractivity contribution is 5.77. The number of ether oxygens (including phenoxy) is 1. The molecule has 1 aliphatic rings. The van der Waals surface area contributed by atoms with Crippen LogP contribution in [-0.4, -0.2) is 56.7 Å². The van der Waals surface area contributed by atoms with E-state index in [1.807, 2.05) is 18.2 Å². The SMILES string of the molecule is Cc1ccccc1CNC(=O)CNCCN1CCOCC1. The molecule has 2 N–H and O–H groups in total. The molecule has 1 amide bonds. The molecule has 0 aliphatic carbocycles. The highest BCUT2D eigenvalue weighted by atomic mass is 16.5. The molecule has 116 valence electrons. The van der Waals surface area contributed by atoms with Gasteiger partial charge in [-0.2, -0.15) is 0 Å². The van der Waals surface area contributed by atoms with Crippen molar-refractivity contribution in [2.75, 3.05) is 45.9 Å². The second kappa shape index (κ2) is 8.77. The average Bonchev–Trinajstić information content (AvgIpc) is 2.52. The van der Waals surface area contributed by atoms with Gasteiger partial charge < -0.3 is 15.4 Å². The van der Waals surface area contributed by atoms with Crippen molar-refractivity contribution in [3.63, 3.8) is 0 Å². The number of aryl methyl sites for hydroxylation is 1. The lowest BCUT2D eigenvalue weighted by Crippen LogP contribution is -2.42. The van der Waals surface area contributed by atoms with Crippen molar-refractivity contribution < 1.29 is 9.53 Å². The van der Waals surface area contributed by atoms with Crippen LogP contribution in [0.5, 0.6) is 0 Å². The first-order chi connectivity index (χ1) is 10.3. The summed E-state index contributed by atoms with van der Waals surface area (Å²) in [5, 5.41) is 6.13. The van der Waals surface area contributed by atoms with Crippen molar-refractivity contribution in [2.45, 2.75) is 13.5 Å². The third-order valence-corrected chi connectivity index (χ3v) is 3.73.